The van der Waals surface area contributed by atoms with E-state index >= 15 is 0 Å². The molecule has 1 rings (SSSR count). The lowest BCUT2D eigenvalue weighted by molar-refractivity contribution is 0.0378. The van der Waals surface area contributed by atoms with Gasteiger partial charge < -0.3 is 15.2 Å². The molecule has 108 valence electrons. The van der Waals surface area contributed by atoms with Crippen molar-refractivity contribution in [1.29, 1.82) is 0 Å². The van der Waals surface area contributed by atoms with Crippen molar-refractivity contribution in [1.82, 2.24) is 0 Å². The number of halogens is 1. The van der Waals surface area contributed by atoms with Crippen LogP contribution in [-0.4, -0.2) is 25.9 Å². The van der Waals surface area contributed by atoms with Gasteiger partial charge in [-0.1, -0.05) is 19.4 Å². The van der Waals surface area contributed by atoms with E-state index in [0.29, 0.717) is 6.61 Å². The zero-order chi connectivity index (χ0) is 14.3. The molecule has 0 radical (unpaired) electrons. The second-order valence-electron chi connectivity index (χ2n) is 4.62. The van der Waals surface area contributed by atoms with E-state index in [0.717, 1.165) is 29.5 Å². The van der Waals surface area contributed by atoms with Gasteiger partial charge in [-0.3, -0.25) is 0 Å². The zero-order valence-electron chi connectivity index (χ0n) is 12.0. The molecule has 0 saturated heterocycles. The standard InChI is InChI=1S/C15H24BrNO2/c1-4-6-15(19-5-2)13(17)10-11-7-8-14(18-3)12(16)9-11/h7-9,13,15H,4-6,10,17H2,1-3H3. The van der Waals surface area contributed by atoms with Crippen molar-refractivity contribution in [2.75, 3.05) is 13.7 Å². The first-order chi connectivity index (χ1) is 9.12. The number of ether oxygens (including phenoxy) is 2. The Hall–Kier alpha value is -0.580. The molecule has 19 heavy (non-hydrogen) atoms. The number of rotatable bonds is 8. The Kier molecular flexibility index (Phi) is 7.42. The normalized spacial score (nSPS) is 14.2. The van der Waals surface area contributed by atoms with Gasteiger partial charge in [-0.15, -0.1) is 0 Å². The van der Waals surface area contributed by atoms with Crippen LogP contribution in [0.25, 0.3) is 0 Å². The largest absolute Gasteiger partial charge is 0.496 e. The molecular weight excluding hydrogens is 306 g/mol. The minimum Gasteiger partial charge on any atom is -0.496 e. The highest BCUT2D eigenvalue weighted by molar-refractivity contribution is 9.10. The lowest BCUT2D eigenvalue weighted by Crippen LogP contribution is -2.38. The molecule has 1 aromatic carbocycles. The van der Waals surface area contributed by atoms with Gasteiger partial charge in [0.1, 0.15) is 5.75 Å². The first-order valence-corrected chi connectivity index (χ1v) is 7.61. The zero-order valence-corrected chi connectivity index (χ0v) is 13.6. The van der Waals surface area contributed by atoms with Gasteiger partial charge in [0.15, 0.2) is 0 Å². The summed E-state index contributed by atoms with van der Waals surface area (Å²) < 4.78 is 11.9. The van der Waals surface area contributed by atoms with Crippen molar-refractivity contribution in [3.05, 3.63) is 28.2 Å². The smallest absolute Gasteiger partial charge is 0.133 e. The summed E-state index contributed by atoms with van der Waals surface area (Å²) >= 11 is 3.50. The van der Waals surface area contributed by atoms with Gasteiger partial charge in [-0.2, -0.15) is 0 Å². The molecule has 0 bridgehead atoms. The fourth-order valence-electron chi connectivity index (χ4n) is 2.16. The van der Waals surface area contributed by atoms with Crippen LogP contribution in [0.1, 0.15) is 32.3 Å². The number of methoxy groups -OCH3 is 1. The molecule has 0 aliphatic carbocycles. The van der Waals surface area contributed by atoms with Gasteiger partial charge in [0, 0.05) is 12.6 Å². The minimum absolute atomic E-state index is 0.0280. The quantitative estimate of drug-likeness (QED) is 0.793. The van der Waals surface area contributed by atoms with E-state index in [4.69, 9.17) is 15.2 Å². The Balaban J connectivity index is 2.68. The molecule has 0 aliphatic heterocycles. The maximum absolute atomic E-state index is 6.27. The summed E-state index contributed by atoms with van der Waals surface area (Å²) in [4.78, 5) is 0. The highest BCUT2D eigenvalue weighted by Crippen LogP contribution is 2.26. The van der Waals surface area contributed by atoms with Crippen molar-refractivity contribution >= 4 is 15.9 Å². The molecule has 2 unspecified atom stereocenters. The summed E-state index contributed by atoms with van der Waals surface area (Å²) in [6, 6.07) is 6.11. The average molecular weight is 330 g/mol. The summed E-state index contributed by atoms with van der Waals surface area (Å²) in [7, 11) is 1.66. The second-order valence-corrected chi connectivity index (χ2v) is 5.47. The van der Waals surface area contributed by atoms with E-state index in [1.54, 1.807) is 7.11 Å². The number of nitrogens with two attached hydrogens (primary N) is 1. The van der Waals surface area contributed by atoms with Crippen LogP contribution in [0.4, 0.5) is 0 Å². The molecule has 0 spiro atoms. The number of hydrogen-bond acceptors (Lipinski definition) is 3. The summed E-state index contributed by atoms with van der Waals surface area (Å²) in [5, 5.41) is 0. The van der Waals surface area contributed by atoms with Crippen LogP contribution < -0.4 is 10.5 Å². The van der Waals surface area contributed by atoms with Crippen LogP contribution in [0.2, 0.25) is 0 Å². The van der Waals surface area contributed by atoms with E-state index in [9.17, 15) is 0 Å². The molecule has 0 fully saturated rings. The van der Waals surface area contributed by atoms with Crippen molar-refractivity contribution in [3.63, 3.8) is 0 Å². The third-order valence-electron chi connectivity index (χ3n) is 3.12. The van der Waals surface area contributed by atoms with Gasteiger partial charge in [0.25, 0.3) is 0 Å². The second kappa shape index (κ2) is 8.56. The predicted octanol–water partition coefficient (Wildman–Crippen LogP) is 3.53. The Morgan fingerprint density at radius 3 is 2.58 bits per heavy atom. The Bertz CT molecular complexity index is 378. The van der Waals surface area contributed by atoms with Crippen molar-refractivity contribution in [2.24, 2.45) is 5.73 Å². The van der Waals surface area contributed by atoms with E-state index in [2.05, 4.69) is 35.0 Å². The maximum Gasteiger partial charge on any atom is 0.133 e. The lowest BCUT2D eigenvalue weighted by atomic mass is 9.99. The highest BCUT2D eigenvalue weighted by atomic mass is 79.9. The molecular formula is C15H24BrNO2. The SMILES string of the molecule is CCCC(OCC)C(N)Cc1ccc(OC)c(Br)c1. The van der Waals surface area contributed by atoms with Crippen LogP contribution in [0.3, 0.4) is 0 Å². The van der Waals surface area contributed by atoms with Gasteiger partial charge in [0.2, 0.25) is 0 Å². The van der Waals surface area contributed by atoms with E-state index in [1.165, 1.54) is 5.56 Å². The Morgan fingerprint density at radius 2 is 2.05 bits per heavy atom. The molecule has 0 heterocycles. The van der Waals surface area contributed by atoms with E-state index < -0.39 is 0 Å². The average Bonchev–Trinajstić information content (AvgIpc) is 2.38. The fourth-order valence-corrected chi connectivity index (χ4v) is 2.75. The lowest BCUT2D eigenvalue weighted by Gasteiger charge is -2.23. The van der Waals surface area contributed by atoms with Gasteiger partial charge in [-0.25, -0.2) is 0 Å². The predicted molar refractivity (Wildman–Crippen MR) is 82.7 cm³/mol. The third kappa shape index (κ3) is 5.13. The molecule has 2 N–H and O–H groups in total. The first kappa shape index (κ1) is 16.5. The molecule has 0 aliphatic rings. The summed E-state index contributed by atoms with van der Waals surface area (Å²) in [6.45, 7) is 4.88. The number of benzene rings is 1. The Labute approximate surface area is 124 Å². The van der Waals surface area contributed by atoms with Crippen molar-refractivity contribution in [3.8, 4) is 5.75 Å². The van der Waals surface area contributed by atoms with E-state index in [1.807, 2.05) is 13.0 Å². The topological polar surface area (TPSA) is 44.5 Å². The molecule has 4 heteroatoms. The third-order valence-corrected chi connectivity index (χ3v) is 3.74. The highest BCUT2D eigenvalue weighted by Gasteiger charge is 2.18. The van der Waals surface area contributed by atoms with Gasteiger partial charge in [-0.05, 0) is 53.4 Å². The minimum atomic E-state index is 0.0280. The van der Waals surface area contributed by atoms with Crippen LogP contribution in [-0.2, 0) is 11.2 Å². The van der Waals surface area contributed by atoms with Gasteiger partial charge >= 0.3 is 0 Å². The monoisotopic (exact) mass is 329 g/mol. The van der Waals surface area contributed by atoms with Crippen molar-refractivity contribution in [2.45, 2.75) is 45.3 Å². The van der Waals surface area contributed by atoms with Crippen LogP contribution in [0.15, 0.2) is 22.7 Å². The van der Waals surface area contributed by atoms with E-state index in [-0.39, 0.29) is 12.1 Å². The molecule has 0 amide bonds. The van der Waals surface area contributed by atoms with Crippen LogP contribution in [0.5, 0.6) is 5.75 Å². The number of hydrogen-bond donors (Lipinski definition) is 1. The van der Waals surface area contributed by atoms with Crippen LogP contribution in [0, 0.1) is 0 Å². The molecule has 2 atom stereocenters. The fraction of sp³-hybridized carbons (Fsp3) is 0.600. The summed E-state index contributed by atoms with van der Waals surface area (Å²) in [6.07, 6.45) is 3.04. The summed E-state index contributed by atoms with van der Waals surface area (Å²) in [5.41, 5.74) is 7.47. The van der Waals surface area contributed by atoms with Gasteiger partial charge in [0.05, 0.1) is 17.7 Å². The molecule has 3 nitrogen and oxygen atoms in total. The van der Waals surface area contributed by atoms with Crippen molar-refractivity contribution < 1.29 is 9.47 Å². The summed E-state index contributed by atoms with van der Waals surface area (Å²) in [5.74, 6) is 0.840. The molecule has 0 saturated carbocycles. The maximum atomic E-state index is 6.27. The molecule has 1 aromatic rings. The van der Waals surface area contributed by atoms with Crippen LogP contribution >= 0.6 is 15.9 Å². The Morgan fingerprint density at radius 1 is 1.32 bits per heavy atom. The molecule has 0 aromatic heterocycles. The first-order valence-electron chi connectivity index (χ1n) is 6.81.